The Kier molecular flexibility index (Phi) is 8.19. The zero-order chi connectivity index (χ0) is 25.7. The number of nitrogens with zero attached hydrogens (tertiary/aromatic N) is 3. The van der Waals surface area contributed by atoms with Gasteiger partial charge in [-0.2, -0.15) is 4.91 Å². The first kappa shape index (κ1) is 25.6. The maximum absolute atomic E-state index is 12.2. The fourth-order valence-electron chi connectivity index (χ4n) is 3.83. The lowest BCUT2D eigenvalue weighted by Crippen LogP contribution is -2.19. The molecule has 4 rings (SSSR count). The van der Waals surface area contributed by atoms with Gasteiger partial charge in [-0.25, -0.2) is 4.98 Å². The van der Waals surface area contributed by atoms with Gasteiger partial charge in [0.15, 0.2) is 0 Å². The fraction of sp³-hybridized carbons (Fsp3) is 0.280. The van der Waals surface area contributed by atoms with Crippen molar-refractivity contribution in [2.75, 3.05) is 13.2 Å². The van der Waals surface area contributed by atoms with E-state index in [4.69, 9.17) is 26.8 Å². The minimum absolute atomic E-state index is 0.0653. The Morgan fingerprint density at radius 2 is 2.03 bits per heavy atom. The van der Waals surface area contributed by atoms with Gasteiger partial charge in [-0.3, -0.25) is 9.36 Å². The van der Waals surface area contributed by atoms with Crippen molar-refractivity contribution in [1.82, 2.24) is 9.55 Å². The molecule has 2 aromatic heterocycles. The summed E-state index contributed by atoms with van der Waals surface area (Å²) in [5.74, 6) is 0.314. The number of ether oxygens (including phenoxy) is 2. The van der Waals surface area contributed by atoms with Gasteiger partial charge in [0.05, 0.1) is 17.6 Å². The van der Waals surface area contributed by atoms with Crippen LogP contribution in [0.2, 0.25) is 5.02 Å². The summed E-state index contributed by atoms with van der Waals surface area (Å²) < 4.78 is 13.9. The molecule has 2 unspecified atom stereocenters. The largest absolute Gasteiger partial charge is 0.490 e. The molecule has 0 aliphatic rings. The predicted octanol–water partition coefficient (Wildman–Crippen LogP) is 5.27. The number of hydrogen-bond donors (Lipinski definition) is 2. The van der Waals surface area contributed by atoms with Crippen LogP contribution in [0, 0.1) is 4.91 Å². The number of imidazole rings is 1. The topological polar surface area (TPSA) is 129 Å². The molecule has 0 spiro atoms. The highest BCUT2D eigenvalue weighted by Crippen LogP contribution is 2.37. The zero-order valence-electron chi connectivity index (χ0n) is 19.5. The highest BCUT2D eigenvalue weighted by molar-refractivity contribution is 7.16. The van der Waals surface area contributed by atoms with Gasteiger partial charge >= 0.3 is 0 Å². The quantitative estimate of drug-likeness (QED) is 0.241. The maximum Gasteiger partial charge on any atom is 0.262 e. The average molecular weight is 529 g/mol. The van der Waals surface area contributed by atoms with Gasteiger partial charge in [-0.15, -0.1) is 11.3 Å². The molecule has 9 nitrogen and oxygen atoms in total. The summed E-state index contributed by atoms with van der Waals surface area (Å²) in [5, 5.41) is 13.4. The van der Waals surface area contributed by atoms with Crippen molar-refractivity contribution >= 4 is 39.9 Å². The lowest BCUT2D eigenvalue weighted by atomic mass is 10.1. The SMILES string of the molecule is CC(Oc1cc(-n2cnc3ccc(OC(CCO)CCN=O)cc32)sc1C(N)=O)c1ccccc1Cl. The number of nitrogens with two attached hydrogens (primary N) is 1. The number of carbonyl (C=O) groups excluding carboxylic acids is 1. The number of nitroso groups, excluding NO2 is 1. The molecular weight excluding hydrogens is 504 g/mol. The molecule has 0 aliphatic carbocycles. The standard InChI is InChI=1S/C25H25ClN4O5S/c1-15(18-4-2-3-5-19(18)26)34-22-13-23(36-24(22)25(27)32)30-14-28-20-7-6-17(12-21(20)30)35-16(9-11-31)8-10-29-33/h2-7,12-16,31H,8-11H2,1H3,(H2,27,32). The van der Waals surface area contributed by atoms with Crippen molar-refractivity contribution in [2.45, 2.75) is 32.0 Å². The molecule has 4 aromatic rings. The van der Waals surface area contributed by atoms with Gasteiger partial charge in [-0.1, -0.05) is 35.0 Å². The molecule has 2 aromatic carbocycles. The van der Waals surface area contributed by atoms with E-state index >= 15 is 0 Å². The first-order valence-electron chi connectivity index (χ1n) is 11.3. The predicted molar refractivity (Wildman–Crippen MR) is 139 cm³/mol. The lowest BCUT2D eigenvalue weighted by Gasteiger charge is -2.17. The molecule has 1 amide bonds. The minimum atomic E-state index is -0.600. The van der Waals surface area contributed by atoms with Crippen molar-refractivity contribution in [3.05, 3.63) is 75.2 Å². The van der Waals surface area contributed by atoms with Crippen LogP contribution < -0.4 is 15.2 Å². The number of benzene rings is 2. The summed E-state index contributed by atoms with van der Waals surface area (Å²) in [7, 11) is 0. The van der Waals surface area contributed by atoms with Crippen LogP contribution in [0.15, 0.2) is 60.0 Å². The van der Waals surface area contributed by atoms with Crippen molar-refractivity contribution in [2.24, 2.45) is 10.9 Å². The van der Waals surface area contributed by atoms with Crippen molar-refractivity contribution in [3.63, 3.8) is 0 Å². The van der Waals surface area contributed by atoms with Gasteiger partial charge < -0.3 is 20.3 Å². The zero-order valence-corrected chi connectivity index (χ0v) is 21.0. The number of aliphatic hydroxyl groups excluding tert-OH is 1. The monoisotopic (exact) mass is 528 g/mol. The number of thiophene rings is 1. The molecule has 2 atom stereocenters. The molecule has 36 heavy (non-hydrogen) atoms. The van der Waals surface area contributed by atoms with E-state index in [-0.39, 0.29) is 24.1 Å². The summed E-state index contributed by atoms with van der Waals surface area (Å²) in [6.45, 7) is 1.89. The molecule has 11 heteroatoms. The van der Waals surface area contributed by atoms with Crippen LogP contribution >= 0.6 is 22.9 Å². The number of aromatic nitrogens is 2. The van der Waals surface area contributed by atoms with Crippen LogP contribution in [0.25, 0.3) is 16.0 Å². The second kappa shape index (κ2) is 11.5. The number of primary amides is 1. The minimum Gasteiger partial charge on any atom is -0.490 e. The van der Waals surface area contributed by atoms with E-state index in [9.17, 15) is 14.8 Å². The summed E-state index contributed by atoms with van der Waals surface area (Å²) in [4.78, 5) is 27.5. The Balaban J connectivity index is 1.65. The van der Waals surface area contributed by atoms with E-state index in [0.717, 1.165) is 16.6 Å². The van der Waals surface area contributed by atoms with Gasteiger partial charge in [0.1, 0.15) is 39.9 Å². The first-order valence-corrected chi connectivity index (χ1v) is 12.5. The summed E-state index contributed by atoms with van der Waals surface area (Å²) >= 11 is 7.50. The number of amides is 1. The van der Waals surface area contributed by atoms with Crippen molar-refractivity contribution in [1.29, 1.82) is 0 Å². The highest BCUT2D eigenvalue weighted by Gasteiger charge is 2.21. The average Bonchev–Trinajstić information content (AvgIpc) is 3.46. The number of aliphatic hydroxyl groups is 1. The van der Waals surface area contributed by atoms with E-state index in [1.165, 1.54) is 11.3 Å². The normalized spacial score (nSPS) is 12.9. The Hall–Kier alpha value is -3.47. The van der Waals surface area contributed by atoms with Crippen LogP contribution in [0.1, 0.15) is 41.1 Å². The molecule has 0 radical (unpaired) electrons. The number of fused-ring (bicyclic) bond motifs is 1. The summed E-state index contributed by atoms with van der Waals surface area (Å²) in [6, 6.07) is 14.5. The maximum atomic E-state index is 12.2. The van der Waals surface area contributed by atoms with E-state index in [2.05, 4.69) is 10.2 Å². The number of carbonyl (C=O) groups is 1. The molecule has 0 saturated heterocycles. The second-order valence-electron chi connectivity index (χ2n) is 8.08. The second-order valence-corrected chi connectivity index (χ2v) is 9.52. The Morgan fingerprint density at radius 1 is 1.22 bits per heavy atom. The van der Waals surface area contributed by atoms with Gasteiger partial charge in [-0.05, 0) is 25.1 Å². The Morgan fingerprint density at radius 3 is 2.75 bits per heavy atom. The third kappa shape index (κ3) is 5.67. The van der Waals surface area contributed by atoms with E-state index in [1.807, 2.05) is 41.8 Å². The van der Waals surface area contributed by atoms with E-state index in [0.29, 0.717) is 34.4 Å². The van der Waals surface area contributed by atoms with Crippen LogP contribution in [-0.2, 0) is 0 Å². The van der Waals surface area contributed by atoms with E-state index in [1.54, 1.807) is 24.5 Å². The smallest absolute Gasteiger partial charge is 0.262 e. The van der Waals surface area contributed by atoms with Crippen LogP contribution in [0.3, 0.4) is 0 Å². The fourth-order valence-corrected chi connectivity index (χ4v) is 5.05. The third-order valence-electron chi connectivity index (χ3n) is 5.61. The number of rotatable bonds is 12. The highest BCUT2D eigenvalue weighted by atomic mass is 35.5. The molecular formula is C25H25ClN4O5S. The molecule has 3 N–H and O–H groups in total. The van der Waals surface area contributed by atoms with Crippen molar-refractivity contribution in [3.8, 4) is 16.5 Å². The van der Waals surface area contributed by atoms with Gasteiger partial charge in [0.2, 0.25) is 0 Å². The Labute approximate surface area is 216 Å². The van der Waals surface area contributed by atoms with Crippen LogP contribution in [0.4, 0.5) is 0 Å². The third-order valence-corrected chi connectivity index (χ3v) is 7.08. The van der Waals surface area contributed by atoms with Crippen LogP contribution in [0.5, 0.6) is 11.5 Å². The number of hydrogen-bond acceptors (Lipinski definition) is 8. The van der Waals surface area contributed by atoms with Crippen LogP contribution in [-0.4, -0.2) is 39.8 Å². The first-order chi connectivity index (χ1) is 17.4. The molecule has 188 valence electrons. The molecule has 0 aliphatic heterocycles. The van der Waals surface area contributed by atoms with E-state index < -0.39 is 12.0 Å². The number of halogens is 1. The molecule has 0 saturated carbocycles. The van der Waals surface area contributed by atoms with Gasteiger partial charge in [0, 0.05) is 42.2 Å². The lowest BCUT2D eigenvalue weighted by molar-refractivity contribution is 0.0998. The molecule has 2 heterocycles. The Bertz CT molecular complexity index is 1370. The molecule has 0 bridgehead atoms. The van der Waals surface area contributed by atoms with Gasteiger partial charge in [0.25, 0.3) is 5.91 Å². The van der Waals surface area contributed by atoms with Crippen molar-refractivity contribution < 1.29 is 19.4 Å². The summed E-state index contributed by atoms with van der Waals surface area (Å²) in [5.41, 5.74) is 7.91. The summed E-state index contributed by atoms with van der Waals surface area (Å²) in [6.07, 6.45) is 1.66. The molecule has 0 fully saturated rings.